The molecular weight excluding hydrogens is 402 g/mol. The number of rotatable bonds is 5. The molecule has 2 bridgehead atoms. The van der Waals surface area contributed by atoms with Crippen molar-refractivity contribution in [1.29, 1.82) is 0 Å². The minimum atomic E-state index is -0.485. The van der Waals surface area contributed by atoms with Crippen LogP contribution in [0.3, 0.4) is 0 Å². The van der Waals surface area contributed by atoms with Crippen LogP contribution in [0.1, 0.15) is 56.0 Å². The lowest BCUT2D eigenvalue weighted by Crippen LogP contribution is -2.38. The average molecular weight is 430 g/mol. The van der Waals surface area contributed by atoms with E-state index in [0.29, 0.717) is 28.7 Å². The number of aromatic hydroxyl groups is 2. The van der Waals surface area contributed by atoms with Gasteiger partial charge in [-0.2, -0.15) is 0 Å². The summed E-state index contributed by atoms with van der Waals surface area (Å²) in [5.74, 6) is 0.0935. The predicted octanol–water partition coefficient (Wildman–Crippen LogP) is 5.73. The van der Waals surface area contributed by atoms with Gasteiger partial charge in [0.1, 0.15) is 23.2 Å². The molecule has 0 aliphatic heterocycles. The highest BCUT2D eigenvalue weighted by atomic mass is 35.5. The van der Waals surface area contributed by atoms with Crippen LogP contribution in [-0.2, 0) is 11.3 Å². The summed E-state index contributed by atoms with van der Waals surface area (Å²) in [6, 6.07) is 9.60. The zero-order chi connectivity index (χ0) is 21.7. The van der Waals surface area contributed by atoms with Crippen molar-refractivity contribution in [3.8, 4) is 11.5 Å². The van der Waals surface area contributed by atoms with Crippen LogP contribution in [-0.4, -0.2) is 22.3 Å². The third-order valence-corrected chi connectivity index (χ3v) is 7.94. The van der Waals surface area contributed by atoms with Gasteiger partial charge in [0.25, 0.3) is 0 Å². The Bertz CT molecular complexity index is 989. The first-order valence-corrected chi connectivity index (χ1v) is 10.7. The normalized spacial score (nSPS) is 26.5. The fourth-order valence-electron chi connectivity index (χ4n) is 5.21. The summed E-state index contributed by atoms with van der Waals surface area (Å²) >= 11 is 5.97. The third-order valence-electron chi connectivity index (χ3n) is 7.71. The van der Waals surface area contributed by atoms with E-state index in [2.05, 4.69) is 26.1 Å². The van der Waals surface area contributed by atoms with Gasteiger partial charge in [-0.25, -0.2) is 4.79 Å². The van der Waals surface area contributed by atoms with Crippen LogP contribution in [0.15, 0.2) is 36.4 Å². The van der Waals surface area contributed by atoms with Gasteiger partial charge >= 0.3 is 5.97 Å². The van der Waals surface area contributed by atoms with Crippen molar-refractivity contribution >= 4 is 23.3 Å². The second-order valence-corrected chi connectivity index (χ2v) is 9.80. The monoisotopic (exact) mass is 429 g/mol. The summed E-state index contributed by atoms with van der Waals surface area (Å²) in [6.45, 7) is 7.09. The average Bonchev–Trinajstić information content (AvgIpc) is 3.02. The SMILES string of the molecule is CC1(C)C2CCC1(C)C(OC(=O)c1ccc(NCc3cc(Cl)ccc3O)cc1O)C2. The fourth-order valence-corrected chi connectivity index (χ4v) is 5.40. The zero-order valence-electron chi connectivity index (χ0n) is 17.5. The van der Waals surface area contributed by atoms with Crippen LogP contribution in [0.5, 0.6) is 11.5 Å². The molecule has 0 radical (unpaired) electrons. The number of carbonyl (C=O) groups is 1. The minimum absolute atomic E-state index is 0.0244. The summed E-state index contributed by atoms with van der Waals surface area (Å²) in [4.78, 5) is 12.8. The number of phenolic OH excluding ortho intramolecular Hbond substituents is 2. The molecule has 5 nitrogen and oxygen atoms in total. The predicted molar refractivity (Wildman–Crippen MR) is 117 cm³/mol. The highest BCUT2D eigenvalue weighted by molar-refractivity contribution is 6.30. The van der Waals surface area contributed by atoms with Crippen molar-refractivity contribution in [3.05, 3.63) is 52.5 Å². The van der Waals surface area contributed by atoms with E-state index in [0.717, 1.165) is 12.8 Å². The molecule has 0 saturated heterocycles. The highest BCUT2D eigenvalue weighted by Crippen LogP contribution is 2.66. The topological polar surface area (TPSA) is 78.8 Å². The Balaban J connectivity index is 1.43. The summed E-state index contributed by atoms with van der Waals surface area (Å²) in [6.07, 6.45) is 3.01. The molecule has 0 spiro atoms. The first-order chi connectivity index (χ1) is 14.1. The molecule has 0 heterocycles. The van der Waals surface area contributed by atoms with Gasteiger partial charge in [-0.3, -0.25) is 0 Å². The van der Waals surface area contributed by atoms with Gasteiger partial charge < -0.3 is 20.3 Å². The van der Waals surface area contributed by atoms with Crippen molar-refractivity contribution in [3.63, 3.8) is 0 Å². The molecule has 30 heavy (non-hydrogen) atoms. The highest BCUT2D eigenvalue weighted by Gasteiger charge is 2.62. The van der Waals surface area contributed by atoms with Gasteiger partial charge in [-0.1, -0.05) is 32.4 Å². The maximum absolute atomic E-state index is 12.8. The van der Waals surface area contributed by atoms with Crippen LogP contribution in [0.25, 0.3) is 0 Å². The van der Waals surface area contributed by atoms with Crippen molar-refractivity contribution in [2.45, 2.75) is 52.7 Å². The van der Waals surface area contributed by atoms with E-state index < -0.39 is 5.97 Å². The Labute approximate surface area is 182 Å². The number of ether oxygens (including phenoxy) is 1. The molecule has 160 valence electrons. The Hall–Kier alpha value is -2.40. The maximum atomic E-state index is 12.8. The van der Waals surface area contributed by atoms with Crippen LogP contribution < -0.4 is 5.32 Å². The number of halogens is 1. The standard InChI is InChI=1S/C24H28ClNO4/c1-23(2)15-8-9-24(23,3)21(11-15)30-22(29)18-6-5-17(12-20(18)28)26-13-14-10-16(25)4-7-19(14)27/h4-7,10,12,15,21,26-28H,8-9,11,13H2,1-3H3. The lowest BCUT2D eigenvalue weighted by Gasteiger charge is -2.38. The number of fused-ring (bicyclic) bond motifs is 2. The zero-order valence-corrected chi connectivity index (χ0v) is 18.3. The number of benzene rings is 2. The Morgan fingerprint density at radius 3 is 2.57 bits per heavy atom. The van der Waals surface area contributed by atoms with Gasteiger partial charge in [-0.05, 0) is 60.9 Å². The van der Waals surface area contributed by atoms with Gasteiger partial charge in [0.2, 0.25) is 0 Å². The summed E-state index contributed by atoms with van der Waals surface area (Å²) in [5.41, 5.74) is 1.55. The first kappa shape index (κ1) is 20.9. The van der Waals surface area contributed by atoms with Crippen molar-refractivity contribution in [2.24, 2.45) is 16.7 Å². The van der Waals surface area contributed by atoms with Crippen molar-refractivity contribution in [1.82, 2.24) is 0 Å². The molecule has 3 atom stereocenters. The van der Waals surface area contributed by atoms with E-state index in [4.69, 9.17) is 16.3 Å². The number of phenols is 2. The maximum Gasteiger partial charge on any atom is 0.342 e. The van der Waals surface area contributed by atoms with E-state index in [1.807, 2.05) is 0 Å². The quantitative estimate of drug-likeness (QED) is 0.528. The number of carbonyl (C=O) groups excluding carboxylic acids is 1. The number of esters is 1. The molecule has 0 amide bonds. The van der Waals surface area contributed by atoms with E-state index >= 15 is 0 Å². The number of hydrogen-bond acceptors (Lipinski definition) is 5. The van der Waals surface area contributed by atoms with Crippen LogP contribution in [0, 0.1) is 16.7 Å². The molecule has 2 aromatic carbocycles. The van der Waals surface area contributed by atoms with Gasteiger partial charge in [0, 0.05) is 34.3 Å². The van der Waals surface area contributed by atoms with E-state index in [1.54, 1.807) is 24.3 Å². The number of nitrogens with one attached hydrogen (secondary N) is 1. The van der Waals surface area contributed by atoms with Crippen LogP contribution >= 0.6 is 11.6 Å². The minimum Gasteiger partial charge on any atom is -0.508 e. The van der Waals surface area contributed by atoms with Gasteiger partial charge in [0.05, 0.1) is 0 Å². The third kappa shape index (κ3) is 3.39. The first-order valence-electron chi connectivity index (χ1n) is 10.4. The molecule has 2 saturated carbocycles. The lowest BCUT2D eigenvalue weighted by molar-refractivity contribution is -0.0244. The molecule has 0 aromatic heterocycles. The number of anilines is 1. The molecule has 6 heteroatoms. The Morgan fingerprint density at radius 2 is 1.93 bits per heavy atom. The molecule has 2 fully saturated rings. The molecule has 2 aliphatic rings. The summed E-state index contributed by atoms with van der Waals surface area (Å²) in [7, 11) is 0. The molecule has 3 N–H and O–H groups in total. The summed E-state index contributed by atoms with van der Waals surface area (Å²) < 4.78 is 5.88. The second kappa shape index (κ2) is 7.38. The number of hydrogen-bond donors (Lipinski definition) is 3. The van der Waals surface area contributed by atoms with E-state index in [9.17, 15) is 15.0 Å². The molecular formula is C24H28ClNO4. The smallest absolute Gasteiger partial charge is 0.342 e. The summed E-state index contributed by atoms with van der Waals surface area (Å²) in [5, 5.41) is 24.0. The van der Waals surface area contributed by atoms with Crippen LogP contribution in [0.2, 0.25) is 5.02 Å². The van der Waals surface area contributed by atoms with Crippen LogP contribution in [0.4, 0.5) is 5.69 Å². The molecule has 2 aromatic rings. The van der Waals surface area contributed by atoms with E-state index in [-0.39, 0.29) is 34.0 Å². The lowest BCUT2D eigenvalue weighted by atomic mass is 9.70. The Morgan fingerprint density at radius 1 is 1.17 bits per heavy atom. The van der Waals surface area contributed by atoms with Gasteiger partial charge in [-0.15, -0.1) is 0 Å². The van der Waals surface area contributed by atoms with Crippen molar-refractivity contribution < 1.29 is 19.7 Å². The van der Waals surface area contributed by atoms with Gasteiger partial charge in [0.15, 0.2) is 0 Å². The molecule has 3 unspecified atom stereocenters. The second-order valence-electron chi connectivity index (χ2n) is 9.36. The van der Waals surface area contributed by atoms with Crippen molar-refractivity contribution in [2.75, 3.05) is 5.32 Å². The fraction of sp³-hybridized carbons (Fsp3) is 0.458. The molecule has 4 rings (SSSR count). The Kier molecular flexibility index (Phi) is 5.13. The largest absolute Gasteiger partial charge is 0.508 e. The van der Waals surface area contributed by atoms with E-state index in [1.165, 1.54) is 18.6 Å². The molecule has 2 aliphatic carbocycles.